The van der Waals surface area contributed by atoms with Crippen molar-refractivity contribution in [3.05, 3.63) is 26.3 Å². The van der Waals surface area contributed by atoms with Crippen LogP contribution in [0.5, 0.6) is 0 Å². The molecule has 2 heterocycles. The van der Waals surface area contributed by atoms with Crippen LogP contribution in [0.2, 0.25) is 0 Å². The average Bonchev–Trinajstić information content (AvgIpc) is 2.43. The van der Waals surface area contributed by atoms with Gasteiger partial charge in [-0.1, -0.05) is 0 Å². The zero-order valence-electron chi connectivity index (χ0n) is 7.73. The van der Waals surface area contributed by atoms with Gasteiger partial charge >= 0.3 is 5.51 Å². The highest BCUT2D eigenvalue weighted by Gasteiger charge is 2.32. The molecule has 0 aromatic carbocycles. The predicted octanol–water partition coefficient (Wildman–Crippen LogP) is 4.45. The van der Waals surface area contributed by atoms with Crippen molar-refractivity contribution in [2.75, 3.05) is 0 Å². The van der Waals surface area contributed by atoms with Crippen LogP contribution in [0.3, 0.4) is 0 Å². The lowest BCUT2D eigenvalue weighted by atomic mass is 10.4. The molecule has 0 N–H and O–H groups in total. The molecule has 0 bridgehead atoms. The third-order valence-electron chi connectivity index (χ3n) is 1.77. The molecule has 0 unspecified atom stereocenters. The number of rotatable bonds is 1. The molecule has 0 aliphatic carbocycles. The van der Waals surface area contributed by atoms with E-state index in [-0.39, 0.29) is 26.1 Å². The Morgan fingerprint density at radius 3 is 2.65 bits per heavy atom. The fourth-order valence-corrected chi connectivity index (χ4v) is 3.13. The zero-order valence-corrected chi connectivity index (χ0v) is 12.3. The van der Waals surface area contributed by atoms with Gasteiger partial charge in [0.1, 0.15) is 14.5 Å². The van der Waals surface area contributed by atoms with Crippen molar-refractivity contribution < 1.29 is 17.6 Å². The molecule has 2 nitrogen and oxygen atoms in total. The number of hydrogen-bond acceptors (Lipinski definition) is 2. The highest BCUT2D eigenvalue weighted by atomic mass is 127. The first-order valence-corrected chi connectivity index (χ1v) is 6.75. The number of nitrogens with zero attached hydrogens (tertiary/aromatic N) is 2. The lowest BCUT2D eigenvalue weighted by molar-refractivity contribution is -0.0330. The summed E-state index contributed by atoms with van der Waals surface area (Å²) in [4.78, 5) is 3.95. The fourth-order valence-electron chi connectivity index (χ4n) is 1.23. The lowest BCUT2D eigenvalue weighted by Gasteiger charge is -2.06. The summed E-state index contributed by atoms with van der Waals surface area (Å²) in [5, 5.41) is -0.145. The van der Waals surface area contributed by atoms with Gasteiger partial charge in [0.2, 0.25) is 0 Å². The summed E-state index contributed by atoms with van der Waals surface area (Å²) < 4.78 is 51.7. The van der Waals surface area contributed by atoms with Gasteiger partial charge in [0.05, 0.1) is 4.47 Å². The van der Waals surface area contributed by atoms with E-state index in [9.17, 15) is 17.6 Å². The summed E-state index contributed by atoms with van der Waals surface area (Å²) in [6.07, 6.45) is 0.976. The Balaban J connectivity index is 2.66. The Labute approximate surface area is 119 Å². The number of alkyl halides is 3. The quantitative estimate of drug-likeness (QED) is 0.370. The van der Waals surface area contributed by atoms with Gasteiger partial charge in [0.25, 0.3) is 0 Å². The van der Waals surface area contributed by atoms with Gasteiger partial charge < -0.3 is 0 Å². The molecule has 0 amide bonds. The monoisotopic (exact) mass is 440 g/mol. The van der Waals surface area contributed by atoms with E-state index in [1.165, 1.54) is 0 Å². The van der Waals surface area contributed by atoms with Crippen LogP contribution in [-0.4, -0.2) is 14.9 Å². The normalized spacial score (nSPS) is 12.4. The second-order valence-corrected chi connectivity index (χ2v) is 5.89. The van der Waals surface area contributed by atoms with Crippen LogP contribution in [0.4, 0.5) is 17.6 Å². The lowest BCUT2D eigenvalue weighted by Crippen LogP contribution is -2.02. The first-order chi connectivity index (χ1) is 7.78. The van der Waals surface area contributed by atoms with Crippen LogP contribution >= 0.6 is 50.3 Å². The second-order valence-electron chi connectivity index (χ2n) is 2.96. The van der Waals surface area contributed by atoms with Crippen molar-refractivity contribution in [1.29, 1.82) is 0 Å². The van der Waals surface area contributed by atoms with E-state index in [0.29, 0.717) is 4.47 Å². The maximum absolute atomic E-state index is 13.1. The van der Waals surface area contributed by atoms with Gasteiger partial charge in [0.15, 0.2) is 5.65 Å². The van der Waals surface area contributed by atoms with Crippen LogP contribution in [0.15, 0.2) is 21.8 Å². The van der Waals surface area contributed by atoms with Gasteiger partial charge in [-0.25, -0.2) is 9.37 Å². The summed E-state index contributed by atoms with van der Waals surface area (Å²) in [6, 6.07) is 1.15. The molecule has 9 heteroatoms. The molecule has 0 saturated heterocycles. The Morgan fingerprint density at radius 1 is 1.41 bits per heavy atom. The highest BCUT2D eigenvalue weighted by molar-refractivity contribution is 14.1. The van der Waals surface area contributed by atoms with E-state index in [2.05, 4.69) is 20.9 Å². The van der Waals surface area contributed by atoms with E-state index in [1.807, 2.05) is 0 Å². The Morgan fingerprint density at radius 2 is 2.06 bits per heavy atom. The minimum absolute atomic E-state index is 0.145. The molecule has 0 aliphatic heterocycles. The number of hydrogen-bond donors (Lipinski definition) is 0. The second kappa shape index (κ2) is 4.57. The third-order valence-corrected chi connectivity index (χ3v) is 4.29. The summed E-state index contributed by atoms with van der Waals surface area (Å²) >= 11 is 4.43. The van der Waals surface area contributed by atoms with Crippen LogP contribution in [0.25, 0.3) is 5.65 Å². The number of aromatic nitrogens is 2. The Hall–Kier alpha value is -0.0300. The summed E-state index contributed by atoms with van der Waals surface area (Å²) in [5.74, 6) is -0.637. The van der Waals surface area contributed by atoms with Gasteiger partial charge in [-0.3, -0.25) is 4.40 Å². The molecule has 2 aromatic heterocycles. The van der Waals surface area contributed by atoms with Crippen molar-refractivity contribution in [3.63, 3.8) is 0 Å². The minimum atomic E-state index is -4.44. The first kappa shape index (κ1) is 13.4. The molecule has 0 spiro atoms. The van der Waals surface area contributed by atoms with Crippen LogP contribution < -0.4 is 0 Å². The molecular formula is C8H2BrF4IN2S. The van der Waals surface area contributed by atoms with Crippen LogP contribution in [0, 0.1) is 9.52 Å². The molecule has 92 valence electrons. The van der Waals surface area contributed by atoms with Crippen molar-refractivity contribution in [2.24, 2.45) is 0 Å². The molecule has 17 heavy (non-hydrogen) atoms. The van der Waals surface area contributed by atoms with Crippen LogP contribution in [0.1, 0.15) is 0 Å². The predicted molar refractivity (Wildman–Crippen MR) is 67.5 cm³/mol. The molecule has 2 rings (SSSR count). The van der Waals surface area contributed by atoms with Crippen molar-refractivity contribution in [3.8, 4) is 0 Å². The molecule has 2 aromatic rings. The standard InChI is InChI=1S/C8H2BrF4IN2S/c9-4-1-3(10)2-16-6(4)15-5(14)7(16)17-8(11,12)13/h1-2H. The summed E-state index contributed by atoms with van der Waals surface area (Å²) in [7, 11) is 0. The largest absolute Gasteiger partial charge is 0.447 e. The van der Waals surface area contributed by atoms with Gasteiger partial charge in [-0.2, -0.15) is 13.2 Å². The molecule has 0 atom stereocenters. The van der Waals surface area contributed by atoms with Crippen LogP contribution in [-0.2, 0) is 0 Å². The van der Waals surface area contributed by atoms with E-state index in [1.54, 1.807) is 22.6 Å². The van der Waals surface area contributed by atoms with Crippen molar-refractivity contribution in [1.82, 2.24) is 9.38 Å². The molecule has 0 radical (unpaired) electrons. The van der Waals surface area contributed by atoms with E-state index in [0.717, 1.165) is 16.7 Å². The van der Waals surface area contributed by atoms with Crippen molar-refractivity contribution >= 4 is 55.9 Å². The number of halogens is 6. The number of pyridine rings is 1. The van der Waals surface area contributed by atoms with E-state index >= 15 is 0 Å². The number of imidazole rings is 1. The van der Waals surface area contributed by atoms with Gasteiger partial charge in [-0.05, 0) is 44.6 Å². The van der Waals surface area contributed by atoms with Gasteiger partial charge in [-0.15, -0.1) is 0 Å². The maximum Gasteiger partial charge on any atom is 0.447 e. The number of thioether (sulfide) groups is 1. The fraction of sp³-hybridized carbons (Fsp3) is 0.125. The van der Waals surface area contributed by atoms with E-state index in [4.69, 9.17) is 0 Å². The highest BCUT2D eigenvalue weighted by Crippen LogP contribution is 2.40. The summed E-state index contributed by atoms with van der Waals surface area (Å²) in [5.41, 5.74) is -4.18. The minimum Gasteiger partial charge on any atom is -0.290 e. The Kier molecular flexibility index (Phi) is 3.61. The third kappa shape index (κ3) is 2.87. The average molecular weight is 441 g/mol. The van der Waals surface area contributed by atoms with Gasteiger partial charge in [0, 0.05) is 18.0 Å². The molecule has 0 fully saturated rings. The summed E-state index contributed by atoms with van der Waals surface area (Å²) in [6.45, 7) is 0. The SMILES string of the molecule is Fc1cc(Br)c2nc(I)c(SC(F)(F)F)n2c1. The topological polar surface area (TPSA) is 17.3 Å². The number of fused-ring (bicyclic) bond motifs is 1. The smallest absolute Gasteiger partial charge is 0.290 e. The zero-order chi connectivity index (χ0) is 12.8. The maximum atomic E-state index is 13.1. The molecular weight excluding hydrogens is 439 g/mol. The first-order valence-electron chi connectivity index (χ1n) is 4.06. The van der Waals surface area contributed by atoms with E-state index < -0.39 is 11.3 Å². The molecule has 0 aliphatic rings. The molecule has 0 saturated carbocycles. The van der Waals surface area contributed by atoms with Crippen molar-refractivity contribution in [2.45, 2.75) is 10.5 Å². The Bertz CT molecular complexity index is 583.